The number of amides is 2. The Labute approximate surface area is 121 Å². The highest BCUT2D eigenvalue weighted by Gasteiger charge is 2.41. The summed E-state index contributed by atoms with van der Waals surface area (Å²) in [5.74, 6) is -0.0151. The molecule has 0 aromatic heterocycles. The number of hydrogen-bond acceptors (Lipinski definition) is 2. The third-order valence-electron chi connectivity index (χ3n) is 3.63. The number of rotatable bonds is 2. The average Bonchev–Trinajstić information content (AvgIpc) is 2.82. The minimum absolute atomic E-state index is 0.00129. The fourth-order valence-corrected chi connectivity index (χ4v) is 2.66. The van der Waals surface area contributed by atoms with Crippen molar-refractivity contribution >= 4 is 27.7 Å². The van der Waals surface area contributed by atoms with Crippen LogP contribution in [0.5, 0.6) is 0 Å². The first-order valence-electron chi connectivity index (χ1n) is 6.23. The predicted molar refractivity (Wildman–Crippen MR) is 76.8 cm³/mol. The molecule has 1 fully saturated rings. The molecule has 19 heavy (non-hydrogen) atoms. The van der Waals surface area contributed by atoms with Crippen LogP contribution < -0.4 is 5.32 Å². The van der Waals surface area contributed by atoms with Gasteiger partial charge in [0.15, 0.2) is 0 Å². The van der Waals surface area contributed by atoms with Crippen molar-refractivity contribution in [1.29, 1.82) is 0 Å². The van der Waals surface area contributed by atoms with E-state index in [1.807, 2.05) is 19.1 Å². The van der Waals surface area contributed by atoms with Gasteiger partial charge in [0.2, 0.25) is 5.91 Å². The highest BCUT2D eigenvalue weighted by molar-refractivity contribution is 9.10. The molecule has 4 nitrogen and oxygen atoms in total. The molecule has 1 unspecified atom stereocenters. The first kappa shape index (κ1) is 14.1. The number of nitrogens with one attached hydrogen (secondary N) is 1. The van der Waals surface area contributed by atoms with Gasteiger partial charge in [0.1, 0.15) is 0 Å². The smallest absolute Gasteiger partial charge is 0.253 e. The van der Waals surface area contributed by atoms with Crippen molar-refractivity contribution in [2.45, 2.75) is 13.3 Å². The lowest BCUT2D eigenvalue weighted by Gasteiger charge is -2.22. The highest BCUT2D eigenvalue weighted by atomic mass is 79.9. The second-order valence-electron chi connectivity index (χ2n) is 5.12. The van der Waals surface area contributed by atoms with Crippen molar-refractivity contribution in [3.8, 4) is 0 Å². The van der Waals surface area contributed by atoms with Crippen LogP contribution in [-0.4, -0.2) is 36.9 Å². The Morgan fingerprint density at radius 3 is 2.53 bits per heavy atom. The van der Waals surface area contributed by atoms with Gasteiger partial charge < -0.3 is 10.2 Å². The molecule has 1 aromatic carbocycles. The molecule has 2 rings (SSSR count). The van der Waals surface area contributed by atoms with Crippen LogP contribution >= 0.6 is 15.9 Å². The Morgan fingerprint density at radius 1 is 1.32 bits per heavy atom. The maximum absolute atomic E-state index is 12.3. The van der Waals surface area contributed by atoms with Gasteiger partial charge in [-0.2, -0.15) is 0 Å². The van der Waals surface area contributed by atoms with E-state index in [0.717, 1.165) is 4.47 Å². The van der Waals surface area contributed by atoms with E-state index in [2.05, 4.69) is 21.2 Å². The molecule has 1 heterocycles. The van der Waals surface area contributed by atoms with E-state index in [-0.39, 0.29) is 11.8 Å². The van der Waals surface area contributed by atoms with Crippen LogP contribution in [0.25, 0.3) is 0 Å². The molecule has 0 radical (unpaired) electrons. The topological polar surface area (TPSA) is 49.4 Å². The molecule has 1 aliphatic heterocycles. The summed E-state index contributed by atoms with van der Waals surface area (Å²) < 4.78 is 0.945. The summed E-state index contributed by atoms with van der Waals surface area (Å²) in [6, 6.07) is 7.28. The number of hydrogen-bond donors (Lipinski definition) is 1. The van der Waals surface area contributed by atoms with Crippen molar-refractivity contribution in [1.82, 2.24) is 10.2 Å². The van der Waals surface area contributed by atoms with Gasteiger partial charge in [-0.15, -0.1) is 0 Å². The Bertz CT molecular complexity index is 501. The molecule has 1 saturated heterocycles. The zero-order valence-corrected chi connectivity index (χ0v) is 12.7. The van der Waals surface area contributed by atoms with Gasteiger partial charge in [-0.1, -0.05) is 15.9 Å². The Hall–Kier alpha value is -1.36. The van der Waals surface area contributed by atoms with Crippen LogP contribution in [0.3, 0.4) is 0 Å². The maximum atomic E-state index is 12.3. The molecular weight excluding hydrogens is 308 g/mol. The summed E-state index contributed by atoms with van der Waals surface area (Å²) in [4.78, 5) is 25.9. The second kappa shape index (κ2) is 5.33. The van der Waals surface area contributed by atoms with Crippen molar-refractivity contribution in [2.75, 3.05) is 20.1 Å². The Morgan fingerprint density at radius 2 is 1.95 bits per heavy atom. The molecule has 0 aliphatic carbocycles. The van der Waals surface area contributed by atoms with Crippen LogP contribution in [0.2, 0.25) is 0 Å². The quantitative estimate of drug-likeness (QED) is 0.905. The molecule has 0 saturated carbocycles. The molecule has 1 N–H and O–H groups in total. The zero-order valence-electron chi connectivity index (χ0n) is 11.1. The molecule has 1 atom stereocenters. The van der Waals surface area contributed by atoms with Crippen LogP contribution in [-0.2, 0) is 4.79 Å². The van der Waals surface area contributed by atoms with Gasteiger partial charge in [-0.3, -0.25) is 9.59 Å². The first-order chi connectivity index (χ1) is 8.96. The third-order valence-corrected chi connectivity index (χ3v) is 4.16. The lowest BCUT2D eigenvalue weighted by atomic mass is 9.89. The lowest BCUT2D eigenvalue weighted by Crippen LogP contribution is -2.40. The zero-order chi connectivity index (χ0) is 14.0. The van der Waals surface area contributed by atoms with Crippen molar-refractivity contribution in [3.05, 3.63) is 34.3 Å². The molecule has 2 amide bonds. The van der Waals surface area contributed by atoms with Crippen LogP contribution in [0, 0.1) is 5.41 Å². The number of carbonyl (C=O) groups excluding carboxylic acids is 2. The van der Waals surface area contributed by atoms with Crippen molar-refractivity contribution in [3.63, 3.8) is 0 Å². The second-order valence-corrected chi connectivity index (χ2v) is 6.04. The molecule has 5 heteroatoms. The summed E-state index contributed by atoms with van der Waals surface area (Å²) >= 11 is 3.35. The number of carbonyl (C=O) groups is 2. The third kappa shape index (κ3) is 2.81. The Kier molecular flexibility index (Phi) is 3.94. The largest absolute Gasteiger partial charge is 0.359 e. The molecular formula is C14H17BrN2O2. The monoisotopic (exact) mass is 324 g/mol. The average molecular weight is 325 g/mol. The predicted octanol–water partition coefficient (Wildman–Crippen LogP) is 2.05. The van der Waals surface area contributed by atoms with Crippen LogP contribution in [0.4, 0.5) is 0 Å². The minimum atomic E-state index is -0.472. The summed E-state index contributed by atoms with van der Waals surface area (Å²) in [6.45, 7) is 3.00. The maximum Gasteiger partial charge on any atom is 0.253 e. The normalized spacial score (nSPS) is 22.4. The van der Waals surface area contributed by atoms with E-state index in [1.165, 1.54) is 0 Å². The molecule has 1 aromatic rings. The van der Waals surface area contributed by atoms with E-state index in [4.69, 9.17) is 0 Å². The fraction of sp³-hybridized carbons (Fsp3) is 0.429. The van der Waals surface area contributed by atoms with Crippen molar-refractivity contribution < 1.29 is 9.59 Å². The van der Waals surface area contributed by atoms with Gasteiger partial charge >= 0.3 is 0 Å². The first-order valence-corrected chi connectivity index (χ1v) is 7.02. The number of likely N-dealkylation sites (tertiary alicyclic amines) is 1. The molecule has 0 bridgehead atoms. The summed E-state index contributed by atoms with van der Waals surface area (Å²) in [6.07, 6.45) is 0.703. The lowest BCUT2D eigenvalue weighted by molar-refractivity contribution is -0.128. The minimum Gasteiger partial charge on any atom is -0.359 e. The summed E-state index contributed by atoms with van der Waals surface area (Å²) in [5.41, 5.74) is 0.184. The molecule has 0 spiro atoms. The summed E-state index contributed by atoms with van der Waals surface area (Å²) in [7, 11) is 1.63. The van der Waals surface area contributed by atoms with E-state index in [0.29, 0.717) is 25.1 Å². The summed E-state index contributed by atoms with van der Waals surface area (Å²) in [5, 5.41) is 2.67. The number of nitrogens with zero attached hydrogens (tertiary/aromatic N) is 1. The Balaban J connectivity index is 2.11. The number of halogens is 1. The van der Waals surface area contributed by atoms with Gasteiger partial charge in [0, 0.05) is 30.2 Å². The van der Waals surface area contributed by atoms with Gasteiger partial charge in [0.05, 0.1) is 5.41 Å². The highest BCUT2D eigenvalue weighted by Crippen LogP contribution is 2.31. The van der Waals surface area contributed by atoms with E-state index < -0.39 is 5.41 Å². The molecule has 1 aliphatic rings. The van der Waals surface area contributed by atoms with E-state index in [1.54, 1.807) is 24.1 Å². The van der Waals surface area contributed by atoms with Crippen LogP contribution in [0.1, 0.15) is 23.7 Å². The standard InChI is InChI=1S/C14H17BrN2O2/c1-14(13(19)16-2)7-8-17(9-14)12(18)10-3-5-11(15)6-4-10/h3-6H,7-9H2,1-2H3,(H,16,19). The van der Waals surface area contributed by atoms with E-state index in [9.17, 15) is 9.59 Å². The van der Waals surface area contributed by atoms with Crippen molar-refractivity contribution in [2.24, 2.45) is 5.41 Å². The van der Waals surface area contributed by atoms with Crippen LogP contribution in [0.15, 0.2) is 28.7 Å². The van der Waals surface area contributed by atoms with Gasteiger partial charge in [-0.25, -0.2) is 0 Å². The SMILES string of the molecule is CNC(=O)C1(C)CCN(C(=O)c2ccc(Br)cc2)C1. The van der Waals surface area contributed by atoms with Gasteiger partial charge in [-0.05, 0) is 37.6 Å². The van der Waals surface area contributed by atoms with E-state index >= 15 is 0 Å². The molecule has 102 valence electrons. The fourth-order valence-electron chi connectivity index (χ4n) is 2.40. The van der Waals surface area contributed by atoms with Gasteiger partial charge in [0.25, 0.3) is 5.91 Å². The number of benzene rings is 1.